The van der Waals surface area contributed by atoms with Crippen molar-refractivity contribution >= 4 is 11.6 Å². The van der Waals surface area contributed by atoms with Crippen molar-refractivity contribution in [2.75, 3.05) is 25.6 Å². The number of rotatable bonds is 4. The van der Waals surface area contributed by atoms with E-state index in [-0.39, 0.29) is 17.8 Å². The van der Waals surface area contributed by atoms with Crippen LogP contribution < -0.4 is 10.1 Å². The van der Waals surface area contributed by atoms with Crippen molar-refractivity contribution in [2.45, 2.75) is 25.1 Å². The van der Waals surface area contributed by atoms with Crippen LogP contribution in [0.4, 0.5) is 10.1 Å². The van der Waals surface area contributed by atoms with Crippen molar-refractivity contribution in [2.24, 2.45) is 0 Å². The molecule has 1 N–H and O–H groups in total. The van der Waals surface area contributed by atoms with Crippen molar-refractivity contribution < 1.29 is 18.7 Å². The Hall–Kier alpha value is -2.60. The third-order valence-corrected chi connectivity index (χ3v) is 4.94. The number of carbonyl (C=O) groups excluding carboxylic acids is 1. The van der Waals surface area contributed by atoms with Gasteiger partial charge in [-0.25, -0.2) is 4.39 Å². The zero-order valence-electron chi connectivity index (χ0n) is 14.6. The van der Waals surface area contributed by atoms with Gasteiger partial charge in [0.15, 0.2) is 11.6 Å². The maximum atomic E-state index is 14.2. The molecule has 1 amide bonds. The molecule has 0 radical (unpaired) electrons. The monoisotopic (exact) mass is 356 g/mol. The van der Waals surface area contributed by atoms with Crippen LogP contribution in [0.25, 0.3) is 0 Å². The highest BCUT2D eigenvalue weighted by Crippen LogP contribution is 2.35. The summed E-state index contributed by atoms with van der Waals surface area (Å²) in [6, 6.07) is 12.2. The van der Waals surface area contributed by atoms with E-state index in [4.69, 9.17) is 9.47 Å². The molecule has 136 valence electrons. The summed E-state index contributed by atoms with van der Waals surface area (Å²) >= 11 is 0. The predicted molar refractivity (Wildman–Crippen MR) is 95.8 cm³/mol. The molecule has 2 heterocycles. The molecule has 1 saturated heterocycles. The van der Waals surface area contributed by atoms with Crippen LogP contribution in [0.5, 0.6) is 5.75 Å². The van der Waals surface area contributed by atoms with E-state index in [0.717, 1.165) is 25.1 Å². The molecule has 0 saturated carbocycles. The second kappa shape index (κ2) is 6.96. The second-order valence-electron chi connectivity index (χ2n) is 6.58. The number of para-hydroxylation sites is 1. The molecule has 0 bridgehead atoms. The minimum absolute atomic E-state index is 0.0107. The lowest BCUT2D eigenvalue weighted by atomic mass is 10.0. The molecular weight excluding hydrogens is 335 g/mol. The molecule has 2 aromatic rings. The number of fused-ring (bicyclic) bond motifs is 1. The van der Waals surface area contributed by atoms with Crippen molar-refractivity contribution in [3.05, 3.63) is 59.4 Å². The molecule has 2 aliphatic rings. The normalized spacial score (nSPS) is 22.1. The fourth-order valence-corrected chi connectivity index (χ4v) is 3.60. The number of methoxy groups -OCH3 is 1. The highest BCUT2D eigenvalue weighted by molar-refractivity contribution is 6.01. The van der Waals surface area contributed by atoms with Gasteiger partial charge in [0.25, 0.3) is 5.91 Å². The predicted octanol–water partition coefficient (Wildman–Crippen LogP) is 3.58. The SMILES string of the molecule is COc1ccc([C@@H]2Nc3ccccc3C(=O)N2C[C@H]2CCCO2)cc1F. The van der Waals surface area contributed by atoms with Crippen LogP contribution in [0.3, 0.4) is 0 Å². The van der Waals surface area contributed by atoms with Gasteiger partial charge in [-0.1, -0.05) is 18.2 Å². The summed E-state index contributed by atoms with van der Waals surface area (Å²) in [5.41, 5.74) is 2.04. The van der Waals surface area contributed by atoms with Gasteiger partial charge in [-0.3, -0.25) is 4.79 Å². The zero-order valence-corrected chi connectivity index (χ0v) is 14.6. The molecular formula is C20H21FN2O3. The summed E-state index contributed by atoms with van der Waals surface area (Å²) in [5.74, 6) is -0.340. The van der Waals surface area contributed by atoms with E-state index in [1.165, 1.54) is 13.2 Å². The summed E-state index contributed by atoms with van der Waals surface area (Å²) in [5, 5.41) is 3.37. The Morgan fingerprint density at radius 2 is 2.15 bits per heavy atom. The van der Waals surface area contributed by atoms with Crippen molar-refractivity contribution in [3.8, 4) is 5.75 Å². The van der Waals surface area contributed by atoms with Gasteiger partial charge in [-0.2, -0.15) is 0 Å². The fraction of sp³-hybridized carbons (Fsp3) is 0.350. The molecule has 0 spiro atoms. The number of hydrogen-bond acceptors (Lipinski definition) is 4. The number of anilines is 1. The van der Waals surface area contributed by atoms with Gasteiger partial charge in [0.1, 0.15) is 6.17 Å². The van der Waals surface area contributed by atoms with E-state index in [1.54, 1.807) is 23.1 Å². The van der Waals surface area contributed by atoms with Gasteiger partial charge >= 0.3 is 0 Å². The van der Waals surface area contributed by atoms with E-state index < -0.39 is 12.0 Å². The first-order valence-electron chi connectivity index (χ1n) is 8.79. The number of amides is 1. The molecule has 2 atom stereocenters. The smallest absolute Gasteiger partial charge is 0.257 e. The molecule has 5 nitrogen and oxygen atoms in total. The van der Waals surface area contributed by atoms with Gasteiger partial charge in [0, 0.05) is 18.8 Å². The minimum Gasteiger partial charge on any atom is -0.494 e. The number of benzene rings is 2. The summed E-state index contributed by atoms with van der Waals surface area (Å²) in [4.78, 5) is 14.8. The number of ether oxygens (including phenoxy) is 2. The van der Waals surface area contributed by atoms with Gasteiger partial charge in [-0.05, 0) is 42.7 Å². The molecule has 4 rings (SSSR count). The molecule has 26 heavy (non-hydrogen) atoms. The topological polar surface area (TPSA) is 50.8 Å². The lowest BCUT2D eigenvalue weighted by Gasteiger charge is -2.39. The molecule has 0 aliphatic carbocycles. The Balaban J connectivity index is 1.71. The minimum atomic E-state index is -0.456. The highest BCUT2D eigenvalue weighted by atomic mass is 19.1. The Labute approximate surface area is 151 Å². The quantitative estimate of drug-likeness (QED) is 0.910. The Morgan fingerprint density at radius 1 is 1.31 bits per heavy atom. The van der Waals surface area contributed by atoms with Gasteiger partial charge < -0.3 is 19.7 Å². The molecule has 2 aromatic carbocycles. The largest absolute Gasteiger partial charge is 0.494 e. The number of carbonyl (C=O) groups is 1. The Kier molecular flexibility index (Phi) is 4.51. The molecule has 0 aromatic heterocycles. The fourth-order valence-electron chi connectivity index (χ4n) is 3.60. The number of nitrogens with zero attached hydrogens (tertiary/aromatic N) is 1. The second-order valence-corrected chi connectivity index (χ2v) is 6.58. The Bertz CT molecular complexity index is 820. The van der Waals surface area contributed by atoms with E-state index in [1.807, 2.05) is 18.2 Å². The van der Waals surface area contributed by atoms with E-state index >= 15 is 0 Å². The first-order chi connectivity index (χ1) is 12.7. The highest BCUT2D eigenvalue weighted by Gasteiger charge is 2.35. The first kappa shape index (κ1) is 16.8. The lowest BCUT2D eigenvalue weighted by Crippen LogP contribution is -2.46. The summed E-state index contributed by atoms with van der Waals surface area (Å²) in [7, 11) is 1.43. The maximum absolute atomic E-state index is 14.2. The first-order valence-corrected chi connectivity index (χ1v) is 8.79. The van der Waals surface area contributed by atoms with Crippen molar-refractivity contribution in [3.63, 3.8) is 0 Å². The standard InChI is InChI=1S/C20H21FN2O3/c1-25-18-9-8-13(11-16(18)21)19-22-17-7-3-2-6-15(17)20(24)23(19)12-14-5-4-10-26-14/h2-3,6-9,11,14,19,22H,4-5,10,12H2,1H3/t14-,19-/m1/s1. The lowest BCUT2D eigenvalue weighted by molar-refractivity contribution is 0.0426. The summed E-state index contributed by atoms with van der Waals surface area (Å²) in [6.07, 6.45) is 1.48. The average Bonchev–Trinajstić information content (AvgIpc) is 3.17. The van der Waals surface area contributed by atoms with Crippen LogP contribution in [0.2, 0.25) is 0 Å². The van der Waals surface area contributed by atoms with Crippen LogP contribution in [0.1, 0.15) is 34.9 Å². The Morgan fingerprint density at radius 3 is 2.88 bits per heavy atom. The number of halogens is 1. The summed E-state index contributed by atoms with van der Waals surface area (Å²) in [6.45, 7) is 1.19. The van der Waals surface area contributed by atoms with Gasteiger partial charge in [0.2, 0.25) is 0 Å². The number of nitrogens with one attached hydrogen (secondary N) is 1. The van der Waals surface area contributed by atoms with Crippen molar-refractivity contribution in [1.82, 2.24) is 4.90 Å². The third-order valence-electron chi connectivity index (χ3n) is 4.94. The number of hydrogen-bond donors (Lipinski definition) is 1. The van der Waals surface area contributed by atoms with E-state index in [2.05, 4.69) is 5.32 Å². The van der Waals surface area contributed by atoms with E-state index in [0.29, 0.717) is 17.7 Å². The van der Waals surface area contributed by atoms with Crippen LogP contribution in [0, 0.1) is 5.82 Å². The van der Waals surface area contributed by atoms with Crippen molar-refractivity contribution in [1.29, 1.82) is 0 Å². The molecule has 2 aliphatic heterocycles. The molecule has 6 heteroatoms. The van der Waals surface area contributed by atoms with Crippen LogP contribution >= 0.6 is 0 Å². The van der Waals surface area contributed by atoms with E-state index in [9.17, 15) is 9.18 Å². The van der Waals surface area contributed by atoms with Gasteiger partial charge in [0.05, 0.1) is 18.8 Å². The maximum Gasteiger partial charge on any atom is 0.257 e. The third kappa shape index (κ3) is 3.01. The van der Waals surface area contributed by atoms with Gasteiger partial charge in [-0.15, -0.1) is 0 Å². The van der Waals surface area contributed by atoms with Crippen LogP contribution in [-0.4, -0.2) is 37.2 Å². The summed E-state index contributed by atoms with van der Waals surface area (Å²) < 4.78 is 25.0. The average molecular weight is 356 g/mol. The van der Waals surface area contributed by atoms with Crippen LogP contribution in [0.15, 0.2) is 42.5 Å². The zero-order chi connectivity index (χ0) is 18.1. The molecule has 0 unspecified atom stereocenters. The molecule has 1 fully saturated rings. The van der Waals surface area contributed by atoms with Crippen LogP contribution in [-0.2, 0) is 4.74 Å².